The van der Waals surface area contributed by atoms with Gasteiger partial charge in [-0.2, -0.15) is 11.8 Å². The summed E-state index contributed by atoms with van der Waals surface area (Å²) in [5.74, 6) is 4.39. The average molecular weight is 1410 g/mol. The SMILES string of the molecule is C.C/C(=C\CS(=O)(=O)C/C=C(\C)CCl)CCl.C/C(=C\CSC/C=C(\C)CCl)CCl.CC(C)=CCC/C(C)=C/C=C/C(C)=C/CS(=O)(=O)c1ccccc1.CC(C=O)C/C=C/CC(C)C=O.CC1=C(/C=C/C(C)=C/CS(=O)(=O)c2ccccc2)C(C)(C)CCC1.F.[2HH].[HH]. The van der Waals surface area contributed by atoms with E-state index in [0.29, 0.717) is 33.3 Å². The largest absolute Gasteiger partial charge is 0.303 e. The molecule has 1 aliphatic rings. The first-order valence-electron chi connectivity index (χ1n) is 29.8. The highest BCUT2D eigenvalue weighted by molar-refractivity contribution is 7.99. The number of carbonyl (C=O) groups is 2. The van der Waals surface area contributed by atoms with Crippen LogP contribution in [0.2, 0.25) is 0 Å². The van der Waals surface area contributed by atoms with Crippen LogP contribution in [0.5, 0.6) is 0 Å². The minimum Gasteiger partial charge on any atom is -0.303 e. The van der Waals surface area contributed by atoms with E-state index >= 15 is 0 Å². The lowest BCUT2D eigenvalue weighted by atomic mass is 9.72. The fourth-order valence-electron chi connectivity index (χ4n) is 7.36. The Balaban J connectivity index is -0.000000256. The summed E-state index contributed by atoms with van der Waals surface area (Å²) in [6.45, 7) is 28.5. The van der Waals surface area contributed by atoms with Gasteiger partial charge in [0.2, 0.25) is 0 Å². The molecule has 0 spiro atoms. The lowest BCUT2D eigenvalue weighted by molar-refractivity contribution is -0.111. The number of benzene rings is 2. The molecule has 90 heavy (non-hydrogen) atoms. The second kappa shape index (κ2) is 53.3. The highest BCUT2D eigenvalue weighted by Gasteiger charge is 2.26. The van der Waals surface area contributed by atoms with Gasteiger partial charge in [-0.15, -0.1) is 46.4 Å². The van der Waals surface area contributed by atoms with Crippen molar-refractivity contribution in [3.05, 3.63) is 201 Å². The van der Waals surface area contributed by atoms with Crippen LogP contribution >= 0.6 is 58.2 Å². The van der Waals surface area contributed by atoms with Crippen LogP contribution in [0.25, 0.3) is 0 Å². The minimum atomic E-state index is -3.25. The predicted octanol–water partition coefficient (Wildman–Crippen LogP) is 21.3. The van der Waals surface area contributed by atoms with Crippen molar-refractivity contribution in [1.29, 1.82) is 0 Å². The normalized spacial score (nSPS) is 15.1. The monoisotopic (exact) mass is 1410 g/mol. The highest BCUT2D eigenvalue weighted by atomic mass is 35.5. The number of rotatable bonds is 31. The molecule has 512 valence electrons. The molecule has 2 aromatic carbocycles. The summed E-state index contributed by atoms with van der Waals surface area (Å²) in [7, 11) is -9.57. The summed E-state index contributed by atoms with van der Waals surface area (Å²) in [6, 6.07) is 17.2. The Kier molecular flexibility index (Phi) is 54.7. The van der Waals surface area contributed by atoms with E-state index in [4.69, 9.17) is 46.4 Å². The number of carbonyl (C=O) groups excluding carboxylic acids is 2. The zero-order valence-corrected chi connectivity index (χ0v) is 61.8. The average Bonchev–Trinajstić information content (AvgIpc) is 2.15. The second-order valence-electron chi connectivity index (χ2n) is 23.1. The van der Waals surface area contributed by atoms with Gasteiger partial charge in [-0.3, -0.25) is 4.70 Å². The van der Waals surface area contributed by atoms with Gasteiger partial charge in [-0.05, 0) is 149 Å². The minimum absolute atomic E-state index is 0. The first kappa shape index (κ1) is 92.4. The van der Waals surface area contributed by atoms with Crippen LogP contribution in [0, 0.1) is 17.3 Å². The van der Waals surface area contributed by atoms with E-state index in [1.165, 1.54) is 46.3 Å². The molecule has 1 aliphatic carbocycles. The number of hydrogen-bond acceptors (Lipinski definition) is 9. The van der Waals surface area contributed by atoms with E-state index in [9.17, 15) is 34.8 Å². The lowest BCUT2D eigenvalue weighted by Crippen LogP contribution is -2.19. The van der Waals surface area contributed by atoms with Crippen LogP contribution in [0.1, 0.15) is 152 Å². The van der Waals surface area contributed by atoms with Crippen LogP contribution in [-0.2, 0) is 39.1 Å². The Hall–Kier alpha value is -4.05. The number of allylic oxidation sites excluding steroid dienone is 18. The summed E-state index contributed by atoms with van der Waals surface area (Å²) in [4.78, 5) is 21.1. The van der Waals surface area contributed by atoms with E-state index in [1.54, 1.807) is 72.8 Å². The van der Waals surface area contributed by atoms with Crippen molar-refractivity contribution >= 4 is 100 Å². The molecule has 0 saturated carbocycles. The summed E-state index contributed by atoms with van der Waals surface area (Å²) in [5, 5.41) is 0. The molecule has 0 amide bonds. The smallest absolute Gasteiger partial charge is 0.181 e. The zero-order chi connectivity index (χ0) is 67.2. The maximum Gasteiger partial charge on any atom is 0.181 e. The molecular weight excluding hydrogens is 1290 g/mol. The second-order valence-corrected chi connectivity index (χ2v) is 31.4. The van der Waals surface area contributed by atoms with Crippen molar-refractivity contribution in [2.75, 3.05) is 58.0 Å². The lowest BCUT2D eigenvalue weighted by Gasteiger charge is -2.32. The number of aldehydes is 2. The summed E-state index contributed by atoms with van der Waals surface area (Å²) < 4.78 is 72.0. The standard InChI is InChI=1S/2C21H28O2S.C10H16Cl2O2S.C10H16Cl2S.C10H16O2.CH4.FH.2H2/c1-17(12-13-20-18(2)9-8-15-21(20,3)4)14-16-24(22,23)19-10-6-5-7-11-19;1-18(2)10-8-11-19(3)12-9-13-20(4)16-17-24(22,23)21-14-6-5-7-15-21;1-9(7-11)3-5-15(13,14)6-4-10(2)8-12;1-9(7-11)3-5-13-6-4-10(2)8-12;1-9(7-11)5-3-4-6-10(2)8-12;;;;/h5-7,10-14H,8-9,15-16H2,1-4H3;5-7,9-10,12-16H,8,11,17H2,1-4H3;3-4H,5-8H2,1-2H3;3-4H,5-8H2,1-2H3;3-4,7-10H,5-6H2,1-2H3;1H4;3*1H/b13-12+,17-14+;13-9+,19-12+,20-16+;2*9-3+,10-4+;4-3+;;;;/i;;;;;;;1+1;. The molecule has 2 unspecified atom stereocenters. The Labute approximate surface area is 574 Å². The molecule has 0 bridgehead atoms. The number of thioether (sulfide) groups is 1. The third-order valence-corrected chi connectivity index (χ3v) is 20.3. The van der Waals surface area contributed by atoms with Gasteiger partial charge in [-0.1, -0.05) is 207 Å². The molecule has 0 heterocycles. The fourth-order valence-corrected chi connectivity index (χ4v) is 12.4. The predicted molar refractivity (Wildman–Crippen MR) is 402 cm³/mol. The van der Waals surface area contributed by atoms with E-state index in [0.717, 1.165) is 78.5 Å². The van der Waals surface area contributed by atoms with E-state index in [2.05, 4.69) is 71.9 Å². The molecule has 2 atom stereocenters. The van der Waals surface area contributed by atoms with Gasteiger partial charge in [0.1, 0.15) is 12.6 Å². The molecule has 0 fully saturated rings. The summed E-state index contributed by atoms with van der Waals surface area (Å²) >= 11 is 24.2. The van der Waals surface area contributed by atoms with Crippen molar-refractivity contribution in [2.45, 2.75) is 159 Å². The van der Waals surface area contributed by atoms with E-state index in [-0.39, 0.29) is 55.2 Å². The van der Waals surface area contributed by atoms with Crippen molar-refractivity contribution in [1.82, 2.24) is 0 Å². The third-order valence-electron chi connectivity index (χ3n) is 13.3. The van der Waals surface area contributed by atoms with E-state index in [1.807, 2.05) is 110 Å². The Bertz CT molecular complexity index is 3040. The van der Waals surface area contributed by atoms with Gasteiger partial charge < -0.3 is 9.59 Å². The van der Waals surface area contributed by atoms with Crippen LogP contribution in [0.4, 0.5) is 4.70 Å². The molecule has 3 rings (SSSR count). The molecule has 8 nitrogen and oxygen atoms in total. The molecule has 17 heteroatoms. The first-order chi connectivity index (χ1) is 41.3. The van der Waals surface area contributed by atoms with Gasteiger partial charge in [-0.25, -0.2) is 25.3 Å². The Morgan fingerprint density at radius 2 is 0.989 bits per heavy atom. The first-order valence-corrected chi connectivity index (χ1v) is 38.2. The van der Waals surface area contributed by atoms with Crippen molar-refractivity contribution in [3.63, 3.8) is 0 Å². The topological polar surface area (TPSA) is 137 Å². The molecule has 0 aliphatic heterocycles. The van der Waals surface area contributed by atoms with Crippen LogP contribution in [-0.4, -0.2) is 95.9 Å². The quantitative estimate of drug-likeness (QED) is 0.0238. The van der Waals surface area contributed by atoms with Gasteiger partial charge >= 0.3 is 0 Å². The maximum absolute atomic E-state index is 12.3. The fraction of sp³-hybridized carbons (Fsp3) is 0.479. The van der Waals surface area contributed by atoms with Gasteiger partial charge in [0.25, 0.3) is 0 Å². The number of sulfone groups is 3. The van der Waals surface area contributed by atoms with Crippen LogP contribution < -0.4 is 0 Å². The highest BCUT2D eigenvalue weighted by Crippen LogP contribution is 2.41. The summed E-state index contributed by atoms with van der Waals surface area (Å²) in [6.07, 6.45) is 36.7. The maximum atomic E-state index is 12.3. The van der Waals surface area contributed by atoms with Gasteiger partial charge in [0.15, 0.2) is 29.5 Å². The Morgan fingerprint density at radius 1 is 0.589 bits per heavy atom. The molecule has 2 aromatic rings. The van der Waals surface area contributed by atoms with Crippen LogP contribution in [0.3, 0.4) is 0 Å². The van der Waals surface area contributed by atoms with Crippen molar-refractivity contribution < 1.29 is 42.4 Å². The number of halogens is 5. The molecular formula is C73H113Cl4FO8S4. The molecule has 0 N–H and O–H groups in total. The molecule has 0 aromatic heterocycles. The van der Waals surface area contributed by atoms with Gasteiger partial charge in [0, 0.05) is 49.7 Å². The van der Waals surface area contributed by atoms with Crippen LogP contribution in [0.15, 0.2) is 211 Å². The molecule has 0 saturated heterocycles. The number of hydrogen-bond donors (Lipinski definition) is 0. The third kappa shape index (κ3) is 48.7. The Morgan fingerprint density at radius 3 is 1.37 bits per heavy atom. The van der Waals surface area contributed by atoms with Crippen molar-refractivity contribution in [2.24, 2.45) is 17.3 Å². The summed E-state index contributed by atoms with van der Waals surface area (Å²) in [5.41, 5.74) is 11.9. The van der Waals surface area contributed by atoms with E-state index < -0.39 is 29.5 Å². The van der Waals surface area contributed by atoms with Crippen molar-refractivity contribution in [3.8, 4) is 0 Å². The molecule has 0 radical (unpaired) electrons. The van der Waals surface area contributed by atoms with Gasteiger partial charge in [0.05, 0.1) is 32.8 Å². The zero-order valence-electron chi connectivity index (χ0n) is 55.5. The number of alkyl halides is 4.